The molecule has 0 spiro atoms. The molecule has 1 aliphatic rings. The van der Waals surface area contributed by atoms with Crippen molar-refractivity contribution in [2.45, 2.75) is 0 Å². The number of pyridine rings is 1. The van der Waals surface area contributed by atoms with Crippen molar-refractivity contribution in [2.24, 2.45) is 5.10 Å². The summed E-state index contributed by atoms with van der Waals surface area (Å²) in [5, 5.41) is 11.4. The summed E-state index contributed by atoms with van der Waals surface area (Å²) in [6.07, 6.45) is 3.32. The Hall–Kier alpha value is -3.13. The third-order valence-corrected chi connectivity index (χ3v) is 4.08. The molecular formula is C16H12N6OS. The maximum atomic E-state index is 12.6. The Morgan fingerprint density at radius 1 is 1.17 bits per heavy atom. The van der Waals surface area contributed by atoms with E-state index in [2.05, 4.69) is 20.3 Å². The monoisotopic (exact) mass is 336 g/mol. The molecule has 8 heteroatoms. The van der Waals surface area contributed by atoms with Gasteiger partial charge in [-0.1, -0.05) is 18.2 Å². The van der Waals surface area contributed by atoms with E-state index >= 15 is 0 Å². The Bertz CT molecular complexity index is 1020. The number of nitrogens with zero attached hydrogens (tertiary/aromatic N) is 5. The van der Waals surface area contributed by atoms with Gasteiger partial charge < -0.3 is 4.90 Å². The molecule has 3 heterocycles. The zero-order chi connectivity index (χ0) is 16.7. The predicted molar refractivity (Wildman–Crippen MR) is 92.4 cm³/mol. The van der Waals surface area contributed by atoms with Crippen LogP contribution in [-0.4, -0.2) is 38.5 Å². The van der Waals surface area contributed by atoms with Gasteiger partial charge in [0.05, 0.1) is 5.69 Å². The van der Waals surface area contributed by atoms with Gasteiger partial charge in [-0.15, -0.1) is 0 Å². The quantitative estimate of drug-likeness (QED) is 0.728. The highest BCUT2D eigenvalue weighted by Crippen LogP contribution is 2.28. The molecule has 3 aromatic rings. The molecular weight excluding hydrogens is 324 g/mol. The molecule has 0 fully saturated rings. The summed E-state index contributed by atoms with van der Waals surface area (Å²) >= 11 is 5.27. The molecule has 1 aromatic carbocycles. The number of carbonyl (C=O) groups excluding carboxylic acids is 1. The van der Waals surface area contributed by atoms with E-state index in [4.69, 9.17) is 12.2 Å². The van der Waals surface area contributed by atoms with Crippen molar-refractivity contribution in [3.63, 3.8) is 0 Å². The van der Waals surface area contributed by atoms with Gasteiger partial charge in [-0.2, -0.15) is 14.9 Å². The molecule has 0 saturated carbocycles. The zero-order valence-electron chi connectivity index (χ0n) is 12.7. The van der Waals surface area contributed by atoms with Gasteiger partial charge in [-0.05, 0) is 30.4 Å². The Kier molecular flexibility index (Phi) is 3.31. The topological polar surface area (TPSA) is 79.2 Å². The second kappa shape index (κ2) is 5.50. The lowest BCUT2D eigenvalue weighted by atomic mass is 10.1. The number of anilines is 1. The molecule has 2 aromatic heterocycles. The molecule has 1 amide bonds. The highest BCUT2D eigenvalue weighted by molar-refractivity contribution is 7.71. The van der Waals surface area contributed by atoms with E-state index in [1.165, 1.54) is 4.68 Å². The van der Waals surface area contributed by atoms with Gasteiger partial charge >= 0.3 is 0 Å². The summed E-state index contributed by atoms with van der Waals surface area (Å²) in [6.45, 7) is 0. The van der Waals surface area contributed by atoms with Crippen LogP contribution in [0.4, 0.5) is 5.69 Å². The van der Waals surface area contributed by atoms with E-state index in [0.717, 1.165) is 16.8 Å². The minimum atomic E-state index is -0.181. The van der Waals surface area contributed by atoms with Gasteiger partial charge in [-0.3, -0.25) is 9.78 Å². The van der Waals surface area contributed by atoms with E-state index < -0.39 is 0 Å². The van der Waals surface area contributed by atoms with Crippen LogP contribution in [0.3, 0.4) is 0 Å². The Morgan fingerprint density at radius 2 is 1.92 bits per heavy atom. The summed E-state index contributed by atoms with van der Waals surface area (Å²) in [7, 11) is 1.72. The number of hydrogen-bond donors (Lipinski definition) is 1. The van der Waals surface area contributed by atoms with E-state index in [1.54, 1.807) is 36.5 Å². The second-order valence-corrected chi connectivity index (χ2v) is 5.62. The van der Waals surface area contributed by atoms with Gasteiger partial charge in [0.1, 0.15) is 0 Å². The molecule has 0 bridgehead atoms. The number of aromatic nitrogens is 4. The van der Waals surface area contributed by atoms with Crippen LogP contribution in [0.5, 0.6) is 0 Å². The van der Waals surface area contributed by atoms with Crippen LogP contribution in [0.2, 0.25) is 0 Å². The minimum absolute atomic E-state index is 0.181. The highest BCUT2D eigenvalue weighted by atomic mass is 32.1. The lowest BCUT2D eigenvalue weighted by molar-refractivity contribution is -0.112. The van der Waals surface area contributed by atoms with Crippen LogP contribution in [0.25, 0.3) is 11.4 Å². The first-order valence-electron chi connectivity index (χ1n) is 7.21. The Labute approximate surface area is 142 Å². The van der Waals surface area contributed by atoms with Crippen molar-refractivity contribution in [1.82, 2.24) is 19.9 Å². The summed E-state index contributed by atoms with van der Waals surface area (Å²) < 4.78 is 1.78. The summed E-state index contributed by atoms with van der Waals surface area (Å²) in [6, 6.07) is 11.1. The molecule has 24 heavy (non-hydrogen) atoms. The standard InChI is InChI=1S/C16H12N6OS/c1-21-12-5-3-2-4-11(12)13(15(21)23)20-22-14(18-19-16(22)24)10-6-8-17-9-7-10/h2-9H,1H3,(H,19,24). The maximum absolute atomic E-state index is 12.6. The molecule has 7 nitrogen and oxygen atoms in total. The average molecular weight is 336 g/mol. The smallest absolute Gasteiger partial charge is 0.279 e. The van der Waals surface area contributed by atoms with Crippen LogP contribution in [-0.2, 0) is 4.79 Å². The van der Waals surface area contributed by atoms with Crippen LogP contribution < -0.4 is 4.90 Å². The number of H-pyrrole nitrogens is 1. The number of likely N-dealkylation sites (N-methyl/N-ethyl adjacent to an activating group) is 1. The van der Waals surface area contributed by atoms with Crippen molar-refractivity contribution < 1.29 is 4.79 Å². The average Bonchev–Trinajstić information content (AvgIpc) is 3.10. The van der Waals surface area contributed by atoms with Gasteiger partial charge in [0.25, 0.3) is 5.91 Å². The number of benzene rings is 1. The first kappa shape index (κ1) is 14.5. The highest BCUT2D eigenvalue weighted by Gasteiger charge is 2.31. The SMILES string of the molecule is CN1C(=O)C(=Nn2c(-c3ccncc3)n[nH]c2=S)c2ccccc21. The lowest BCUT2D eigenvalue weighted by Crippen LogP contribution is -2.26. The molecule has 0 saturated heterocycles. The van der Waals surface area contributed by atoms with E-state index in [9.17, 15) is 4.79 Å². The molecule has 0 radical (unpaired) electrons. The Morgan fingerprint density at radius 3 is 2.71 bits per heavy atom. The number of para-hydroxylation sites is 1. The molecule has 0 unspecified atom stereocenters. The zero-order valence-corrected chi connectivity index (χ0v) is 13.5. The van der Waals surface area contributed by atoms with E-state index in [-0.39, 0.29) is 5.91 Å². The van der Waals surface area contributed by atoms with Gasteiger partial charge in [0.2, 0.25) is 4.77 Å². The number of amides is 1. The fraction of sp³-hybridized carbons (Fsp3) is 0.0625. The van der Waals surface area contributed by atoms with Crippen molar-refractivity contribution in [1.29, 1.82) is 0 Å². The summed E-state index contributed by atoms with van der Waals surface area (Å²) in [5.74, 6) is 0.342. The van der Waals surface area contributed by atoms with Crippen LogP contribution in [0, 0.1) is 4.77 Å². The van der Waals surface area contributed by atoms with Crippen molar-refractivity contribution in [3.05, 3.63) is 59.1 Å². The first-order chi connectivity index (χ1) is 11.7. The van der Waals surface area contributed by atoms with E-state index in [0.29, 0.717) is 16.3 Å². The van der Waals surface area contributed by atoms with Gasteiger partial charge in [-0.25, -0.2) is 5.10 Å². The fourth-order valence-electron chi connectivity index (χ4n) is 2.62. The van der Waals surface area contributed by atoms with Crippen molar-refractivity contribution in [2.75, 3.05) is 11.9 Å². The third-order valence-electron chi connectivity index (χ3n) is 3.82. The molecule has 1 N–H and O–H groups in total. The molecule has 1 aliphatic heterocycles. The number of hydrogen-bond acceptors (Lipinski definition) is 5. The summed E-state index contributed by atoms with van der Waals surface area (Å²) in [5.41, 5.74) is 2.73. The minimum Gasteiger partial charge on any atom is -0.309 e. The molecule has 0 aliphatic carbocycles. The number of carbonyl (C=O) groups is 1. The second-order valence-electron chi connectivity index (χ2n) is 5.23. The predicted octanol–water partition coefficient (Wildman–Crippen LogP) is 2.23. The van der Waals surface area contributed by atoms with Crippen molar-refractivity contribution in [3.8, 4) is 11.4 Å². The van der Waals surface area contributed by atoms with Crippen LogP contribution in [0.1, 0.15) is 5.56 Å². The molecule has 118 valence electrons. The lowest BCUT2D eigenvalue weighted by Gasteiger charge is -2.07. The Balaban J connectivity index is 1.91. The maximum Gasteiger partial charge on any atom is 0.279 e. The number of rotatable bonds is 2. The number of fused-ring (bicyclic) bond motifs is 1. The van der Waals surface area contributed by atoms with E-state index in [1.807, 2.05) is 24.3 Å². The van der Waals surface area contributed by atoms with Crippen LogP contribution >= 0.6 is 12.2 Å². The van der Waals surface area contributed by atoms with Crippen molar-refractivity contribution >= 4 is 29.5 Å². The third kappa shape index (κ3) is 2.16. The number of aromatic amines is 1. The largest absolute Gasteiger partial charge is 0.309 e. The fourth-order valence-corrected chi connectivity index (χ4v) is 2.79. The normalized spacial score (nSPS) is 15.1. The number of nitrogens with one attached hydrogen (secondary N) is 1. The van der Waals surface area contributed by atoms with Gasteiger partial charge in [0, 0.05) is 30.6 Å². The molecule has 4 rings (SSSR count). The summed E-state index contributed by atoms with van der Waals surface area (Å²) in [4.78, 5) is 18.1. The van der Waals surface area contributed by atoms with Gasteiger partial charge in [0.15, 0.2) is 11.5 Å². The first-order valence-corrected chi connectivity index (χ1v) is 7.62. The van der Waals surface area contributed by atoms with Crippen LogP contribution in [0.15, 0.2) is 53.9 Å². The molecule has 0 atom stereocenters.